The number of piperidine rings is 1. The van der Waals surface area contributed by atoms with Crippen molar-refractivity contribution in [2.75, 3.05) is 13.1 Å². The molecule has 0 spiro atoms. The second kappa shape index (κ2) is 6.53. The van der Waals surface area contributed by atoms with E-state index in [0.29, 0.717) is 18.4 Å². The van der Waals surface area contributed by atoms with Gasteiger partial charge in [-0.25, -0.2) is 0 Å². The summed E-state index contributed by atoms with van der Waals surface area (Å²) in [6.45, 7) is 9.31. The van der Waals surface area contributed by atoms with Crippen LogP contribution in [0.1, 0.15) is 32.1 Å². The van der Waals surface area contributed by atoms with Gasteiger partial charge >= 0.3 is 0 Å². The lowest BCUT2D eigenvalue weighted by Gasteiger charge is -2.38. The Labute approximate surface area is 120 Å². The first kappa shape index (κ1) is 14.5. The molecule has 2 rings (SSSR count). The number of rotatable bonds is 4. The van der Waals surface area contributed by atoms with Crippen LogP contribution in [-0.4, -0.2) is 29.9 Å². The molecule has 2 heterocycles. The average molecular weight is 280 g/mol. The zero-order valence-corrected chi connectivity index (χ0v) is 12.9. The molecule has 1 aliphatic rings. The number of amides is 1. The van der Waals surface area contributed by atoms with Crippen LogP contribution in [0.3, 0.4) is 0 Å². The van der Waals surface area contributed by atoms with Gasteiger partial charge in [0.2, 0.25) is 5.91 Å². The highest BCUT2D eigenvalue weighted by Crippen LogP contribution is 2.22. The summed E-state index contributed by atoms with van der Waals surface area (Å²) in [5.74, 6) is 1.53. The predicted octanol–water partition coefficient (Wildman–Crippen LogP) is 2.73. The molecule has 1 aromatic rings. The average Bonchev–Trinajstić information content (AvgIpc) is 2.87. The van der Waals surface area contributed by atoms with Crippen molar-refractivity contribution in [1.29, 1.82) is 0 Å². The molecular formula is C15H24N2OS. The van der Waals surface area contributed by atoms with E-state index in [4.69, 9.17) is 0 Å². The molecule has 1 aliphatic heterocycles. The fourth-order valence-corrected chi connectivity index (χ4v) is 3.57. The maximum Gasteiger partial charge on any atom is 0.237 e. The van der Waals surface area contributed by atoms with Crippen LogP contribution in [0.2, 0.25) is 0 Å². The Balaban J connectivity index is 1.84. The molecule has 3 nitrogen and oxygen atoms in total. The Morgan fingerprint density at radius 2 is 2.16 bits per heavy atom. The van der Waals surface area contributed by atoms with E-state index in [2.05, 4.69) is 30.1 Å². The Hall–Kier alpha value is -0.870. The second-order valence-corrected chi connectivity index (χ2v) is 6.91. The van der Waals surface area contributed by atoms with Gasteiger partial charge in [-0.05, 0) is 36.6 Å². The van der Waals surface area contributed by atoms with E-state index in [1.807, 2.05) is 18.4 Å². The summed E-state index contributed by atoms with van der Waals surface area (Å²) in [5, 5.41) is 5.08. The summed E-state index contributed by atoms with van der Waals surface area (Å²) >= 11 is 1.68. The Morgan fingerprint density at radius 1 is 1.47 bits per heavy atom. The summed E-state index contributed by atoms with van der Waals surface area (Å²) in [6.07, 6.45) is 1.28. The van der Waals surface area contributed by atoms with E-state index >= 15 is 0 Å². The minimum atomic E-state index is -0.0230. The van der Waals surface area contributed by atoms with Gasteiger partial charge in [-0.15, -0.1) is 11.3 Å². The van der Waals surface area contributed by atoms with Crippen molar-refractivity contribution in [3.8, 4) is 0 Å². The molecule has 4 heteroatoms. The van der Waals surface area contributed by atoms with E-state index < -0.39 is 0 Å². The molecule has 0 radical (unpaired) electrons. The van der Waals surface area contributed by atoms with Crippen LogP contribution < -0.4 is 5.32 Å². The van der Waals surface area contributed by atoms with Crippen LogP contribution in [0.25, 0.3) is 0 Å². The van der Waals surface area contributed by atoms with Gasteiger partial charge in [0, 0.05) is 18.0 Å². The third kappa shape index (κ3) is 4.05. The molecule has 0 unspecified atom stereocenters. The normalized spacial score (nSPS) is 26.1. The molecule has 1 saturated heterocycles. The van der Waals surface area contributed by atoms with Crippen molar-refractivity contribution >= 4 is 17.2 Å². The molecule has 1 N–H and O–H groups in total. The SMILES string of the molecule is C[C@@H]1C[C@@H](C)CN([C@H](C)C(=O)NCc2cccs2)C1. The minimum Gasteiger partial charge on any atom is -0.350 e. The first-order valence-corrected chi connectivity index (χ1v) is 7.98. The van der Waals surface area contributed by atoms with Crippen molar-refractivity contribution in [1.82, 2.24) is 10.2 Å². The predicted molar refractivity (Wildman–Crippen MR) is 80.1 cm³/mol. The molecule has 0 aliphatic carbocycles. The maximum atomic E-state index is 12.2. The number of nitrogens with zero attached hydrogens (tertiary/aromatic N) is 1. The molecule has 3 atom stereocenters. The van der Waals surface area contributed by atoms with Crippen LogP contribution in [0.4, 0.5) is 0 Å². The second-order valence-electron chi connectivity index (χ2n) is 5.87. The third-order valence-electron chi connectivity index (χ3n) is 3.84. The van der Waals surface area contributed by atoms with Crippen molar-refractivity contribution in [2.45, 2.75) is 39.8 Å². The van der Waals surface area contributed by atoms with Crippen molar-refractivity contribution in [3.05, 3.63) is 22.4 Å². The lowest BCUT2D eigenvalue weighted by molar-refractivity contribution is -0.127. The van der Waals surface area contributed by atoms with E-state index in [1.165, 1.54) is 11.3 Å². The number of likely N-dealkylation sites (tertiary alicyclic amines) is 1. The lowest BCUT2D eigenvalue weighted by Crippen LogP contribution is -2.50. The van der Waals surface area contributed by atoms with Crippen LogP contribution in [0, 0.1) is 11.8 Å². The third-order valence-corrected chi connectivity index (χ3v) is 4.72. The maximum absolute atomic E-state index is 12.2. The summed E-state index contributed by atoms with van der Waals surface area (Å²) in [6, 6.07) is 4.05. The lowest BCUT2D eigenvalue weighted by atomic mass is 9.91. The largest absolute Gasteiger partial charge is 0.350 e. The number of hydrogen-bond acceptors (Lipinski definition) is 3. The minimum absolute atomic E-state index is 0.0230. The van der Waals surface area contributed by atoms with E-state index in [-0.39, 0.29) is 11.9 Å². The van der Waals surface area contributed by atoms with Crippen LogP contribution in [-0.2, 0) is 11.3 Å². The fraction of sp³-hybridized carbons (Fsp3) is 0.667. The van der Waals surface area contributed by atoms with Crippen molar-refractivity contribution < 1.29 is 4.79 Å². The molecular weight excluding hydrogens is 256 g/mol. The highest BCUT2D eigenvalue weighted by atomic mass is 32.1. The molecule has 0 saturated carbocycles. The molecule has 0 aromatic carbocycles. The van der Waals surface area contributed by atoms with E-state index in [9.17, 15) is 4.79 Å². The first-order valence-electron chi connectivity index (χ1n) is 7.10. The van der Waals surface area contributed by atoms with Gasteiger partial charge in [0.25, 0.3) is 0 Å². The van der Waals surface area contributed by atoms with Crippen LogP contribution >= 0.6 is 11.3 Å². The summed E-state index contributed by atoms with van der Waals surface area (Å²) in [5.41, 5.74) is 0. The summed E-state index contributed by atoms with van der Waals surface area (Å²) in [4.78, 5) is 15.7. The monoisotopic (exact) mass is 280 g/mol. The Morgan fingerprint density at radius 3 is 2.74 bits per heavy atom. The highest BCUT2D eigenvalue weighted by molar-refractivity contribution is 7.09. The van der Waals surface area contributed by atoms with Gasteiger partial charge in [0.05, 0.1) is 12.6 Å². The number of carbonyl (C=O) groups excluding carboxylic acids is 1. The van der Waals surface area contributed by atoms with Crippen molar-refractivity contribution in [2.24, 2.45) is 11.8 Å². The molecule has 0 bridgehead atoms. The number of nitrogens with one attached hydrogen (secondary N) is 1. The number of thiophene rings is 1. The number of carbonyl (C=O) groups is 1. The van der Waals surface area contributed by atoms with Gasteiger partial charge in [-0.2, -0.15) is 0 Å². The first-order chi connectivity index (χ1) is 9.06. The smallest absolute Gasteiger partial charge is 0.237 e. The summed E-state index contributed by atoms with van der Waals surface area (Å²) < 4.78 is 0. The van der Waals surface area contributed by atoms with E-state index in [0.717, 1.165) is 13.1 Å². The van der Waals surface area contributed by atoms with E-state index in [1.54, 1.807) is 11.3 Å². The van der Waals surface area contributed by atoms with Gasteiger partial charge in [-0.3, -0.25) is 9.69 Å². The summed E-state index contributed by atoms with van der Waals surface area (Å²) in [7, 11) is 0. The van der Waals surface area contributed by atoms with Gasteiger partial charge in [0.15, 0.2) is 0 Å². The van der Waals surface area contributed by atoms with Gasteiger partial charge < -0.3 is 5.32 Å². The molecule has 19 heavy (non-hydrogen) atoms. The zero-order valence-electron chi connectivity index (χ0n) is 12.1. The number of hydrogen-bond donors (Lipinski definition) is 1. The fourth-order valence-electron chi connectivity index (χ4n) is 2.93. The van der Waals surface area contributed by atoms with Crippen LogP contribution in [0.5, 0.6) is 0 Å². The molecule has 106 valence electrons. The molecule has 1 amide bonds. The topological polar surface area (TPSA) is 32.3 Å². The Kier molecular flexibility index (Phi) is 4.99. The van der Waals surface area contributed by atoms with Gasteiger partial charge in [0.1, 0.15) is 0 Å². The van der Waals surface area contributed by atoms with Crippen molar-refractivity contribution in [3.63, 3.8) is 0 Å². The van der Waals surface area contributed by atoms with Crippen LogP contribution in [0.15, 0.2) is 17.5 Å². The highest BCUT2D eigenvalue weighted by Gasteiger charge is 2.28. The molecule has 1 fully saturated rings. The van der Waals surface area contributed by atoms with Gasteiger partial charge in [-0.1, -0.05) is 19.9 Å². The molecule has 1 aromatic heterocycles. The Bertz CT molecular complexity index is 394. The zero-order chi connectivity index (χ0) is 13.8. The standard InChI is InChI=1S/C15H24N2OS/c1-11-7-12(2)10-17(9-11)13(3)15(18)16-8-14-5-4-6-19-14/h4-6,11-13H,7-10H2,1-3H3,(H,16,18)/t11-,12-,13-/m1/s1. The quantitative estimate of drug-likeness (QED) is 0.920.